The summed E-state index contributed by atoms with van der Waals surface area (Å²) in [5.74, 6) is 1.44. The van der Waals surface area contributed by atoms with Gasteiger partial charge in [-0.2, -0.15) is 4.68 Å². The van der Waals surface area contributed by atoms with Crippen molar-refractivity contribution < 1.29 is 4.74 Å². The molecule has 0 amide bonds. The van der Waals surface area contributed by atoms with Crippen LogP contribution in [0.15, 0.2) is 59.1 Å². The van der Waals surface area contributed by atoms with Gasteiger partial charge >= 0.3 is 0 Å². The van der Waals surface area contributed by atoms with Gasteiger partial charge in [-0.05, 0) is 46.8 Å². The van der Waals surface area contributed by atoms with Gasteiger partial charge in [-0.3, -0.25) is 0 Å². The topological polar surface area (TPSA) is 52.8 Å². The second-order valence-electron chi connectivity index (χ2n) is 4.09. The molecule has 1 heterocycles. The SMILES string of the molecule is Brc1ccc(-n2nnnc2COc2ccccc2)cc1. The third kappa shape index (κ3) is 2.85. The maximum Gasteiger partial charge on any atom is 0.194 e. The quantitative estimate of drug-likeness (QED) is 0.737. The van der Waals surface area contributed by atoms with Crippen LogP contribution in [0.5, 0.6) is 5.75 Å². The van der Waals surface area contributed by atoms with E-state index in [0.717, 1.165) is 15.9 Å². The molecule has 0 bridgehead atoms. The molecule has 2 aromatic carbocycles. The van der Waals surface area contributed by atoms with Crippen molar-refractivity contribution in [3.63, 3.8) is 0 Å². The van der Waals surface area contributed by atoms with Crippen molar-refractivity contribution in [3.8, 4) is 11.4 Å². The summed E-state index contributed by atoms with van der Waals surface area (Å²) in [7, 11) is 0. The molecule has 0 aliphatic heterocycles. The second kappa shape index (κ2) is 5.83. The molecule has 0 aliphatic carbocycles. The molecule has 0 saturated heterocycles. The van der Waals surface area contributed by atoms with Crippen LogP contribution in [0.3, 0.4) is 0 Å². The third-order valence-electron chi connectivity index (χ3n) is 2.72. The van der Waals surface area contributed by atoms with E-state index in [1.807, 2.05) is 54.6 Å². The molecule has 3 rings (SSSR count). The van der Waals surface area contributed by atoms with Crippen LogP contribution in [0, 0.1) is 0 Å². The summed E-state index contributed by atoms with van der Waals surface area (Å²) in [6, 6.07) is 17.3. The summed E-state index contributed by atoms with van der Waals surface area (Å²) in [5.41, 5.74) is 0.893. The van der Waals surface area contributed by atoms with Crippen molar-refractivity contribution in [2.24, 2.45) is 0 Å². The van der Waals surface area contributed by atoms with Gasteiger partial charge in [0, 0.05) is 4.47 Å². The van der Waals surface area contributed by atoms with Crippen molar-refractivity contribution in [2.75, 3.05) is 0 Å². The van der Waals surface area contributed by atoms with Crippen LogP contribution in [0.1, 0.15) is 5.82 Å². The highest BCUT2D eigenvalue weighted by atomic mass is 79.9. The number of benzene rings is 2. The predicted octanol–water partition coefficient (Wildman–Crippen LogP) is 3.00. The molecule has 0 unspecified atom stereocenters. The van der Waals surface area contributed by atoms with Gasteiger partial charge in [0.15, 0.2) is 5.82 Å². The average molecular weight is 331 g/mol. The van der Waals surface area contributed by atoms with Crippen LogP contribution >= 0.6 is 15.9 Å². The molecule has 5 nitrogen and oxygen atoms in total. The zero-order chi connectivity index (χ0) is 13.8. The number of aromatic nitrogens is 4. The van der Waals surface area contributed by atoms with E-state index in [4.69, 9.17) is 4.74 Å². The maximum atomic E-state index is 5.66. The third-order valence-corrected chi connectivity index (χ3v) is 3.25. The lowest BCUT2D eigenvalue weighted by Gasteiger charge is -2.06. The molecule has 0 atom stereocenters. The minimum Gasteiger partial charge on any atom is -0.486 e. The van der Waals surface area contributed by atoms with E-state index in [1.54, 1.807) is 4.68 Å². The van der Waals surface area contributed by atoms with E-state index in [2.05, 4.69) is 31.5 Å². The molecule has 3 aromatic rings. The first-order chi connectivity index (χ1) is 9.83. The van der Waals surface area contributed by atoms with Crippen LogP contribution in [0.2, 0.25) is 0 Å². The molecular weight excluding hydrogens is 320 g/mol. The fourth-order valence-corrected chi connectivity index (χ4v) is 2.01. The monoisotopic (exact) mass is 330 g/mol. The lowest BCUT2D eigenvalue weighted by atomic mass is 10.3. The van der Waals surface area contributed by atoms with Crippen molar-refractivity contribution in [2.45, 2.75) is 6.61 Å². The summed E-state index contributed by atoms with van der Waals surface area (Å²) in [6.45, 7) is 0.313. The second-order valence-corrected chi connectivity index (χ2v) is 5.00. The Morgan fingerprint density at radius 3 is 2.50 bits per heavy atom. The number of hydrogen-bond acceptors (Lipinski definition) is 4. The Hall–Kier alpha value is -2.21. The Morgan fingerprint density at radius 1 is 1.00 bits per heavy atom. The smallest absolute Gasteiger partial charge is 0.194 e. The van der Waals surface area contributed by atoms with E-state index in [-0.39, 0.29) is 0 Å². The van der Waals surface area contributed by atoms with E-state index >= 15 is 0 Å². The molecule has 0 N–H and O–H groups in total. The number of ether oxygens (including phenoxy) is 1. The van der Waals surface area contributed by atoms with Gasteiger partial charge in [0.25, 0.3) is 0 Å². The normalized spacial score (nSPS) is 10.4. The molecule has 20 heavy (non-hydrogen) atoms. The van der Waals surface area contributed by atoms with Crippen LogP contribution in [0.25, 0.3) is 5.69 Å². The minimum atomic E-state index is 0.313. The molecule has 0 aliphatic rings. The highest BCUT2D eigenvalue weighted by Crippen LogP contribution is 2.15. The lowest BCUT2D eigenvalue weighted by molar-refractivity contribution is 0.292. The molecule has 100 valence electrons. The van der Waals surface area contributed by atoms with E-state index in [0.29, 0.717) is 12.4 Å². The summed E-state index contributed by atoms with van der Waals surface area (Å²) < 4.78 is 8.34. The number of halogens is 1. The standard InChI is InChI=1S/C14H11BrN4O/c15-11-6-8-12(9-7-11)19-14(16-17-18-19)10-20-13-4-2-1-3-5-13/h1-9H,10H2. The Morgan fingerprint density at radius 2 is 1.75 bits per heavy atom. The predicted molar refractivity (Wildman–Crippen MR) is 77.6 cm³/mol. The van der Waals surface area contributed by atoms with Crippen molar-refractivity contribution >= 4 is 15.9 Å². The van der Waals surface area contributed by atoms with Gasteiger partial charge in [0.05, 0.1) is 5.69 Å². The van der Waals surface area contributed by atoms with Gasteiger partial charge in [-0.25, -0.2) is 0 Å². The van der Waals surface area contributed by atoms with Crippen molar-refractivity contribution in [1.82, 2.24) is 20.2 Å². The van der Waals surface area contributed by atoms with Crippen LogP contribution in [-0.2, 0) is 6.61 Å². The zero-order valence-electron chi connectivity index (χ0n) is 10.5. The molecule has 0 radical (unpaired) electrons. The maximum absolute atomic E-state index is 5.66. The largest absolute Gasteiger partial charge is 0.486 e. The fourth-order valence-electron chi connectivity index (χ4n) is 1.74. The Bertz CT molecular complexity index is 682. The minimum absolute atomic E-state index is 0.313. The summed E-state index contributed by atoms with van der Waals surface area (Å²) in [5, 5.41) is 11.7. The van der Waals surface area contributed by atoms with E-state index in [1.165, 1.54) is 0 Å². The summed E-state index contributed by atoms with van der Waals surface area (Å²) >= 11 is 3.40. The van der Waals surface area contributed by atoms with E-state index < -0.39 is 0 Å². The number of para-hydroxylation sites is 1. The number of rotatable bonds is 4. The summed E-state index contributed by atoms with van der Waals surface area (Å²) in [6.07, 6.45) is 0. The number of hydrogen-bond donors (Lipinski definition) is 0. The number of tetrazole rings is 1. The molecule has 1 aromatic heterocycles. The first-order valence-corrected chi connectivity index (χ1v) is 6.83. The van der Waals surface area contributed by atoms with Crippen LogP contribution in [-0.4, -0.2) is 20.2 Å². The van der Waals surface area contributed by atoms with Gasteiger partial charge in [-0.15, -0.1) is 5.10 Å². The van der Waals surface area contributed by atoms with Gasteiger partial charge in [0.2, 0.25) is 0 Å². The van der Waals surface area contributed by atoms with Crippen LogP contribution < -0.4 is 4.74 Å². The van der Waals surface area contributed by atoms with Crippen molar-refractivity contribution in [1.29, 1.82) is 0 Å². The lowest BCUT2D eigenvalue weighted by Crippen LogP contribution is -2.06. The first-order valence-electron chi connectivity index (χ1n) is 6.04. The van der Waals surface area contributed by atoms with Gasteiger partial charge in [-0.1, -0.05) is 34.1 Å². The number of nitrogens with zero attached hydrogens (tertiary/aromatic N) is 4. The van der Waals surface area contributed by atoms with Gasteiger partial charge < -0.3 is 4.74 Å². The van der Waals surface area contributed by atoms with E-state index in [9.17, 15) is 0 Å². The summed E-state index contributed by atoms with van der Waals surface area (Å²) in [4.78, 5) is 0. The zero-order valence-corrected chi connectivity index (χ0v) is 12.1. The van der Waals surface area contributed by atoms with Gasteiger partial charge in [0.1, 0.15) is 12.4 Å². The van der Waals surface area contributed by atoms with Crippen LogP contribution in [0.4, 0.5) is 0 Å². The highest BCUT2D eigenvalue weighted by molar-refractivity contribution is 9.10. The Labute approximate surface area is 124 Å². The van der Waals surface area contributed by atoms with Crippen molar-refractivity contribution in [3.05, 3.63) is 64.9 Å². The molecule has 0 fully saturated rings. The molecular formula is C14H11BrN4O. The molecule has 0 spiro atoms. The fraction of sp³-hybridized carbons (Fsp3) is 0.0714. The average Bonchev–Trinajstić information content (AvgIpc) is 2.95. The highest BCUT2D eigenvalue weighted by Gasteiger charge is 2.08. The first kappa shape index (κ1) is 12.8. The molecule has 6 heteroatoms. The Balaban J connectivity index is 1.78. The Kier molecular flexibility index (Phi) is 3.73. The molecule has 0 saturated carbocycles.